The molecule has 0 aromatic heterocycles. The van der Waals surface area contributed by atoms with Crippen LogP contribution in [0.4, 0.5) is 5.69 Å². The third-order valence-corrected chi connectivity index (χ3v) is 3.57. The van der Waals surface area contributed by atoms with Crippen molar-refractivity contribution < 1.29 is 4.74 Å². The Morgan fingerprint density at radius 3 is 2.15 bits per heavy atom. The van der Waals surface area contributed by atoms with Crippen molar-refractivity contribution in [2.45, 2.75) is 19.4 Å². The molecule has 0 aliphatic heterocycles. The fourth-order valence-corrected chi connectivity index (χ4v) is 2.62. The van der Waals surface area contributed by atoms with Crippen molar-refractivity contribution in [1.82, 2.24) is 0 Å². The maximum atomic E-state index is 6.02. The van der Waals surface area contributed by atoms with Gasteiger partial charge in [-0.15, -0.1) is 0 Å². The second-order valence-electron chi connectivity index (χ2n) is 4.54. The van der Waals surface area contributed by atoms with Crippen molar-refractivity contribution in [3.8, 4) is 5.75 Å². The summed E-state index contributed by atoms with van der Waals surface area (Å²) in [5.41, 5.74) is 2.12. The zero-order chi connectivity index (χ0) is 14.5. The Balaban J connectivity index is 2.19. The summed E-state index contributed by atoms with van der Waals surface area (Å²) in [5.74, 6) is 0.856. The smallest absolute Gasteiger partial charge is 0.118 e. The highest BCUT2D eigenvalue weighted by molar-refractivity contribution is 6.35. The zero-order valence-electron chi connectivity index (χ0n) is 11.5. The second kappa shape index (κ2) is 6.87. The molecular weight excluding hydrogens is 293 g/mol. The van der Waals surface area contributed by atoms with Crippen LogP contribution in [0.1, 0.15) is 24.9 Å². The van der Waals surface area contributed by atoms with Crippen LogP contribution >= 0.6 is 23.2 Å². The van der Waals surface area contributed by atoms with Crippen LogP contribution in [0.25, 0.3) is 0 Å². The first kappa shape index (κ1) is 15.0. The van der Waals surface area contributed by atoms with Crippen LogP contribution in [0.3, 0.4) is 0 Å². The van der Waals surface area contributed by atoms with Crippen LogP contribution in [-0.4, -0.2) is 7.11 Å². The van der Waals surface area contributed by atoms with E-state index in [0.717, 1.165) is 17.9 Å². The fourth-order valence-electron chi connectivity index (χ4n) is 2.10. The molecule has 2 aromatic carbocycles. The highest BCUT2D eigenvalue weighted by Crippen LogP contribution is 2.28. The summed E-state index contributed by atoms with van der Waals surface area (Å²) < 4.78 is 5.18. The number of nitrogens with one attached hydrogen (secondary N) is 1. The summed E-state index contributed by atoms with van der Waals surface area (Å²) >= 11 is 12.0. The number of halogens is 2. The highest BCUT2D eigenvalue weighted by atomic mass is 35.5. The topological polar surface area (TPSA) is 21.3 Å². The van der Waals surface area contributed by atoms with Gasteiger partial charge in [0.25, 0.3) is 0 Å². The Hall–Kier alpha value is -1.38. The highest BCUT2D eigenvalue weighted by Gasteiger charge is 2.10. The predicted octanol–water partition coefficient (Wildman–Crippen LogP) is 5.57. The van der Waals surface area contributed by atoms with E-state index in [4.69, 9.17) is 27.9 Å². The van der Waals surface area contributed by atoms with Crippen LogP contribution in [0.15, 0.2) is 42.5 Å². The molecule has 106 valence electrons. The molecular formula is C16H17Cl2NO. The van der Waals surface area contributed by atoms with E-state index in [1.165, 1.54) is 5.56 Å². The van der Waals surface area contributed by atoms with Gasteiger partial charge in [0.15, 0.2) is 0 Å². The predicted molar refractivity (Wildman–Crippen MR) is 86.1 cm³/mol. The number of anilines is 1. The standard InChI is InChI=1S/C16H17Cl2NO/c1-3-16(11-4-6-15(20-2)7-5-11)19-14-9-12(17)8-13(18)10-14/h4-10,16,19H,3H2,1-2H3. The van der Waals surface area contributed by atoms with E-state index >= 15 is 0 Å². The molecule has 0 radical (unpaired) electrons. The first-order valence-electron chi connectivity index (χ1n) is 6.49. The van der Waals surface area contributed by atoms with Gasteiger partial charge in [-0.25, -0.2) is 0 Å². The summed E-state index contributed by atoms with van der Waals surface area (Å²) in [4.78, 5) is 0. The Morgan fingerprint density at radius 2 is 1.65 bits per heavy atom. The van der Waals surface area contributed by atoms with Crippen LogP contribution < -0.4 is 10.1 Å². The van der Waals surface area contributed by atoms with Crippen molar-refractivity contribution in [1.29, 1.82) is 0 Å². The summed E-state index contributed by atoms with van der Waals surface area (Å²) in [6.45, 7) is 2.13. The van der Waals surface area contributed by atoms with Gasteiger partial charge in [-0.3, -0.25) is 0 Å². The number of methoxy groups -OCH3 is 1. The fraction of sp³-hybridized carbons (Fsp3) is 0.250. The second-order valence-corrected chi connectivity index (χ2v) is 5.41. The van der Waals surface area contributed by atoms with Gasteiger partial charge < -0.3 is 10.1 Å². The van der Waals surface area contributed by atoms with Crippen molar-refractivity contribution >= 4 is 28.9 Å². The Kier molecular flexibility index (Phi) is 5.16. The largest absolute Gasteiger partial charge is 0.497 e. The van der Waals surface area contributed by atoms with Gasteiger partial charge in [0.05, 0.1) is 13.2 Å². The number of hydrogen-bond acceptors (Lipinski definition) is 2. The Labute approximate surface area is 129 Å². The Morgan fingerprint density at radius 1 is 1.05 bits per heavy atom. The monoisotopic (exact) mass is 309 g/mol. The number of ether oxygens (including phenoxy) is 1. The lowest BCUT2D eigenvalue weighted by atomic mass is 10.0. The lowest BCUT2D eigenvalue weighted by Gasteiger charge is -2.19. The molecule has 0 spiro atoms. The molecule has 0 aliphatic rings. The molecule has 4 heteroatoms. The third kappa shape index (κ3) is 3.81. The van der Waals surface area contributed by atoms with Gasteiger partial charge in [-0.2, -0.15) is 0 Å². The summed E-state index contributed by atoms with van der Waals surface area (Å²) in [6, 6.07) is 13.7. The number of hydrogen-bond donors (Lipinski definition) is 1. The molecule has 0 saturated carbocycles. The van der Waals surface area contributed by atoms with Crippen molar-refractivity contribution in [2.24, 2.45) is 0 Å². The van der Waals surface area contributed by atoms with E-state index in [2.05, 4.69) is 24.4 Å². The molecule has 0 saturated heterocycles. The lowest BCUT2D eigenvalue weighted by molar-refractivity contribution is 0.414. The molecule has 1 N–H and O–H groups in total. The Bertz CT molecular complexity index is 549. The molecule has 0 bridgehead atoms. The zero-order valence-corrected chi connectivity index (χ0v) is 13.0. The van der Waals surface area contributed by atoms with Gasteiger partial charge in [-0.1, -0.05) is 42.3 Å². The van der Waals surface area contributed by atoms with Gasteiger partial charge in [0.2, 0.25) is 0 Å². The molecule has 0 fully saturated rings. The molecule has 0 amide bonds. The molecule has 2 aromatic rings. The molecule has 0 aliphatic carbocycles. The van der Waals surface area contributed by atoms with Gasteiger partial charge in [0, 0.05) is 15.7 Å². The van der Waals surface area contributed by atoms with Crippen molar-refractivity contribution in [2.75, 3.05) is 12.4 Å². The SMILES string of the molecule is CCC(Nc1cc(Cl)cc(Cl)c1)c1ccc(OC)cc1. The molecule has 0 heterocycles. The quantitative estimate of drug-likeness (QED) is 0.780. The van der Waals surface area contributed by atoms with Gasteiger partial charge in [-0.05, 0) is 42.3 Å². The van der Waals surface area contributed by atoms with Gasteiger partial charge >= 0.3 is 0 Å². The van der Waals surface area contributed by atoms with Gasteiger partial charge in [0.1, 0.15) is 5.75 Å². The van der Waals surface area contributed by atoms with E-state index in [9.17, 15) is 0 Å². The van der Waals surface area contributed by atoms with E-state index in [-0.39, 0.29) is 6.04 Å². The minimum absolute atomic E-state index is 0.204. The maximum absolute atomic E-state index is 6.02. The molecule has 2 rings (SSSR count). The lowest BCUT2D eigenvalue weighted by Crippen LogP contribution is -2.09. The normalized spacial score (nSPS) is 12.0. The van der Waals surface area contributed by atoms with E-state index in [1.807, 2.05) is 24.3 Å². The summed E-state index contributed by atoms with van der Waals surface area (Å²) in [6.07, 6.45) is 0.955. The average Bonchev–Trinajstić information content (AvgIpc) is 2.44. The molecule has 1 unspecified atom stereocenters. The first-order valence-corrected chi connectivity index (χ1v) is 7.24. The van der Waals surface area contributed by atoms with Crippen LogP contribution in [0.5, 0.6) is 5.75 Å². The van der Waals surface area contributed by atoms with Crippen LogP contribution in [-0.2, 0) is 0 Å². The van der Waals surface area contributed by atoms with Crippen LogP contribution in [0.2, 0.25) is 10.0 Å². The summed E-state index contributed by atoms with van der Waals surface area (Å²) in [5, 5.41) is 4.71. The molecule has 20 heavy (non-hydrogen) atoms. The van der Waals surface area contributed by atoms with E-state index in [0.29, 0.717) is 10.0 Å². The van der Waals surface area contributed by atoms with E-state index < -0.39 is 0 Å². The molecule has 2 nitrogen and oxygen atoms in total. The van der Waals surface area contributed by atoms with Crippen molar-refractivity contribution in [3.05, 3.63) is 58.1 Å². The minimum atomic E-state index is 0.204. The van der Waals surface area contributed by atoms with Crippen molar-refractivity contribution in [3.63, 3.8) is 0 Å². The molecule has 1 atom stereocenters. The average molecular weight is 310 g/mol. The minimum Gasteiger partial charge on any atom is -0.497 e. The first-order chi connectivity index (χ1) is 9.62. The number of rotatable bonds is 5. The van der Waals surface area contributed by atoms with E-state index in [1.54, 1.807) is 13.2 Å². The maximum Gasteiger partial charge on any atom is 0.118 e. The number of benzene rings is 2. The van der Waals surface area contributed by atoms with Crippen LogP contribution in [0, 0.1) is 0 Å². The third-order valence-electron chi connectivity index (χ3n) is 3.13. The summed E-state index contributed by atoms with van der Waals surface area (Å²) in [7, 11) is 1.67.